The molecule has 5 heteroatoms. The normalized spacial score (nSPS) is 15.9. The number of hydrogen-bond acceptors (Lipinski definition) is 3. The van der Waals surface area contributed by atoms with Gasteiger partial charge in [0.2, 0.25) is 0 Å². The minimum absolute atomic E-state index is 0.220. The molecule has 4 rings (SSSR count). The van der Waals surface area contributed by atoms with Gasteiger partial charge in [-0.2, -0.15) is 0 Å². The van der Waals surface area contributed by atoms with E-state index < -0.39 is 0 Å². The average Bonchev–Trinajstić information content (AvgIpc) is 2.94. The van der Waals surface area contributed by atoms with Crippen LogP contribution in [0.25, 0.3) is 16.9 Å². The molecule has 1 aromatic carbocycles. The average molecular weight is 324 g/mol. The predicted molar refractivity (Wildman–Crippen MR) is 93.5 cm³/mol. The maximum Gasteiger partial charge on any atom is 0.137 e. The van der Waals surface area contributed by atoms with Crippen molar-refractivity contribution in [2.45, 2.75) is 13.5 Å². The molecule has 1 N–H and O–H groups in total. The lowest BCUT2D eigenvalue weighted by molar-refractivity contribution is 0.230. The summed E-state index contributed by atoms with van der Waals surface area (Å²) in [7, 11) is 0. The number of nitrogens with zero attached hydrogens (tertiary/aromatic N) is 3. The molecule has 0 bridgehead atoms. The van der Waals surface area contributed by atoms with E-state index in [9.17, 15) is 4.39 Å². The zero-order valence-electron chi connectivity index (χ0n) is 13.8. The molecular formula is C19H21FN4. The van der Waals surface area contributed by atoms with Crippen molar-refractivity contribution in [2.24, 2.45) is 0 Å². The van der Waals surface area contributed by atoms with E-state index in [0.717, 1.165) is 49.6 Å². The van der Waals surface area contributed by atoms with Crippen LogP contribution in [0.1, 0.15) is 11.3 Å². The molecule has 24 heavy (non-hydrogen) atoms. The Morgan fingerprint density at radius 2 is 1.83 bits per heavy atom. The van der Waals surface area contributed by atoms with E-state index >= 15 is 0 Å². The molecule has 1 saturated heterocycles. The number of nitrogens with one attached hydrogen (secondary N) is 1. The van der Waals surface area contributed by atoms with Crippen LogP contribution in [0, 0.1) is 12.7 Å². The molecule has 1 aliphatic heterocycles. The second-order valence-electron chi connectivity index (χ2n) is 6.37. The monoisotopic (exact) mass is 324 g/mol. The van der Waals surface area contributed by atoms with Crippen LogP contribution in [-0.4, -0.2) is 40.5 Å². The zero-order valence-corrected chi connectivity index (χ0v) is 13.8. The van der Waals surface area contributed by atoms with Gasteiger partial charge in [0, 0.05) is 44.5 Å². The first-order chi connectivity index (χ1) is 11.7. The van der Waals surface area contributed by atoms with Crippen molar-refractivity contribution in [1.82, 2.24) is 19.6 Å². The molecule has 0 saturated carbocycles. The Bertz CT molecular complexity index is 848. The molecule has 3 aromatic rings. The van der Waals surface area contributed by atoms with Gasteiger partial charge in [0.25, 0.3) is 0 Å². The fourth-order valence-electron chi connectivity index (χ4n) is 3.27. The summed E-state index contributed by atoms with van der Waals surface area (Å²) in [5.74, 6) is -0.220. The molecule has 2 aromatic heterocycles. The molecule has 124 valence electrons. The molecule has 0 spiro atoms. The van der Waals surface area contributed by atoms with Gasteiger partial charge in [-0.05, 0) is 42.8 Å². The van der Waals surface area contributed by atoms with E-state index in [1.807, 2.05) is 18.2 Å². The van der Waals surface area contributed by atoms with Crippen molar-refractivity contribution in [2.75, 3.05) is 26.2 Å². The fourth-order valence-corrected chi connectivity index (χ4v) is 3.27. The fraction of sp³-hybridized carbons (Fsp3) is 0.316. The van der Waals surface area contributed by atoms with Gasteiger partial charge in [0.1, 0.15) is 11.5 Å². The first-order valence-electron chi connectivity index (χ1n) is 8.37. The van der Waals surface area contributed by atoms with Crippen LogP contribution in [-0.2, 0) is 6.54 Å². The van der Waals surface area contributed by atoms with Crippen molar-refractivity contribution >= 4 is 5.65 Å². The molecule has 3 heterocycles. The highest BCUT2D eigenvalue weighted by molar-refractivity contribution is 5.66. The van der Waals surface area contributed by atoms with Crippen molar-refractivity contribution in [3.8, 4) is 11.3 Å². The molecule has 4 nitrogen and oxygen atoms in total. The summed E-state index contributed by atoms with van der Waals surface area (Å²) in [5.41, 5.74) is 5.21. The Kier molecular flexibility index (Phi) is 4.04. The van der Waals surface area contributed by atoms with Gasteiger partial charge in [0.05, 0.1) is 11.4 Å². The number of rotatable bonds is 3. The van der Waals surface area contributed by atoms with Gasteiger partial charge >= 0.3 is 0 Å². The third kappa shape index (κ3) is 2.92. The Balaban J connectivity index is 1.81. The van der Waals surface area contributed by atoms with Crippen molar-refractivity contribution < 1.29 is 4.39 Å². The van der Waals surface area contributed by atoms with Crippen LogP contribution in [0.2, 0.25) is 0 Å². The summed E-state index contributed by atoms with van der Waals surface area (Å²) >= 11 is 0. The predicted octanol–water partition coefficient (Wildman–Crippen LogP) is 2.85. The number of imidazole rings is 1. The number of halogens is 1. The summed E-state index contributed by atoms with van der Waals surface area (Å²) in [6.45, 7) is 7.03. The third-order valence-corrected chi connectivity index (χ3v) is 4.57. The summed E-state index contributed by atoms with van der Waals surface area (Å²) in [5, 5.41) is 3.39. The number of hydrogen-bond donors (Lipinski definition) is 1. The molecule has 1 aliphatic rings. The number of aryl methyl sites for hydroxylation is 1. The van der Waals surface area contributed by atoms with Gasteiger partial charge in [-0.1, -0.05) is 6.07 Å². The summed E-state index contributed by atoms with van der Waals surface area (Å²) in [6, 6.07) is 10.7. The SMILES string of the molecule is Cc1ccc2nc(-c3ccc(F)cc3)c(CN3CCNCC3)n2c1. The van der Waals surface area contributed by atoms with E-state index in [1.54, 1.807) is 0 Å². The van der Waals surface area contributed by atoms with E-state index in [4.69, 9.17) is 4.98 Å². The number of piperazine rings is 1. The zero-order chi connectivity index (χ0) is 16.5. The lowest BCUT2D eigenvalue weighted by Crippen LogP contribution is -2.43. The first kappa shape index (κ1) is 15.3. The third-order valence-electron chi connectivity index (χ3n) is 4.57. The largest absolute Gasteiger partial charge is 0.314 e. The highest BCUT2D eigenvalue weighted by Crippen LogP contribution is 2.26. The number of aromatic nitrogens is 2. The van der Waals surface area contributed by atoms with Crippen LogP contribution < -0.4 is 5.32 Å². The molecule has 0 atom stereocenters. The Hall–Kier alpha value is -2.24. The summed E-state index contributed by atoms with van der Waals surface area (Å²) in [6.07, 6.45) is 2.13. The van der Waals surface area contributed by atoms with Gasteiger partial charge in [-0.25, -0.2) is 9.37 Å². The minimum atomic E-state index is -0.220. The van der Waals surface area contributed by atoms with E-state index in [0.29, 0.717) is 0 Å². The molecule has 0 radical (unpaired) electrons. The van der Waals surface area contributed by atoms with Gasteiger partial charge < -0.3 is 9.72 Å². The van der Waals surface area contributed by atoms with Crippen molar-refractivity contribution in [3.05, 3.63) is 59.7 Å². The van der Waals surface area contributed by atoms with E-state index in [1.165, 1.54) is 23.4 Å². The Morgan fingerprint density at radius 1 is 1.08 bits per heavy atom. The van der Waals surface area contributed by atoms with Crippen LogP contribution in [0.4, 0.5) is 4.39 Å². The number of pyridine rings is 1. The lowest BCUT2D eigenvalue weighted by atomic mass is 10.1. The van der Waals surface area contributed by atoms with E-state index in [-0.39, 0.29) is 5.82 Å². The second-order valence-corrected chi connectivity index (χ2v) is 6.37. The lowest BCUT2D eigenvalue weighted by Gasteiger charge is -2.27. The molecule has 0 amide bonds. The molecular weight excluding hydrogens is 303 g/mol. The Labute approximate surface area is 140 Å². The first-order valence-corrected chi connectivity index (χ1v) is 8.37. The topological polar surface area (TPSA) is 32.6 Å². The number of fused-ring (bicyclic) bond motifs is 1. The van der Waals surface area contributed by atoms with E-state index in [2.05, 4.69) is 33.8 Å². The molecule has 1 fully saturated rings. The van der Waals surface area contributed by atoms with Crippen molar-refractivity contribution in [1.29, 1.82) is 0 Å². The van der Waals surface area contributed by atoms with Gasteiger partial charge in [-0.15, -0.1) is 0 Å². The van der Waals surface area contributed by atoms with Crippen LogP contribution in [0.15, 0.2) is 42.6 Å². The quantitative estimate of drug-likeness (QED) is 0.804. The summed E-state index contributed by atoms with van der Waals surface area (Å²) < 4.78 is 15.5. The smallest absolute Gasteiger partial charge is 0.137 e. The minimum Gasteiger partial charge on any atom is -0.314 e. The second kappa shape index (κ2) is 6.34. The van der Waals surface area contributed by atoms with Crippen LogP contribution in [0.3, 0.4) is 0 Å². The highest BCUT2D eigenvalue weighted by Gasteiger charge is 2.18. The summed E-state index contributed by atoms with van der Waals surface area (Å²) in [4.78, 5) is 7.26. The maximum atomic E-state index is 13.3. The Morgan fingerprint density at radius 3 is 2.58 bits per heavy atom. The molecule has 0 unspecified atom stereocenters. The van der Waals surface area contributed by atoms with Crippen LogP contribution >= 0.6 is 0 Å². The number of benzene rings is 1. The van der Waals surface area contributed by atoms with Crippen molar-refractivity contribution in [3.63, 3.8) is 0 Å². The molecule has 0 aliphatic carbocycles. The highest BCUT2D eigenvalue weighted by atomic mass is 19.1. The van der Waals surface area contributed by atoms with Gasteiger partial charge in [-0.3, -0.25) is 4.90 Å². The van der Waals surface area contributed by atoms with Gasteiger partial charge in [0.15, 0.2) is 0 Å². The standard InChI is InChI=1S/C19H21FN4/c1-14-2-7-18-22-19(15-3-5-16(20)6-4-15)17(24(18)12-14)13-23-10-8-21-9-11-23/h2-7,12,21H,8-11,13H2,1H3. The van der Waals surface area contributed by atoms with Crippen LogP contribution in [0.5, 0.6) is 0 Å². The maximum absolute atomic E-state index is 13.3.